The third-order valence-electron chi connectivity index (χ3n) is 4.18. The first-order chi connectivity index (χ1) is 14.5. The van der Waals surface area contributed by atoms with Crippen LogP contribution in [0.15, 0.2) is 36.4 Å². The molecule has 0 saturated carbocycles. The number of alkyl carbamates (subject to hydrolysis) is 1. The summed E-state index contributed by atoms with van der Waals surface area (Å²) in [7, 11) is 2.90. The van der Waals surface area contributed by atoms with Crippen molar-refractivity contribution in [2.45, 2.75) is 52.9 Å². The van der Waals surface area contributed by atoms with E-state index in [0.29, 0.717) is 17.1 Å². The van der Waals surface area contributed by atoms with Crippen LogP contribution in [0, 0.1) is 0 Å². The van der Waals surface area contributed by atoms with Crippen LogP contribution in [0.5, 0.6) is 11.5 Å². The van der Waals surface area contributed by atoms with Gasteiger partial charge in [-0.3, -0.25) is 0 Å². The van der Waals surface area contributed by atoms with Crippen molar-refractivity contribution in [3.05, 3.63) is 47.5 Å². The van der Waals surface area contributed by atoms with Crippen LogP contribution < -0.4 is 14.8 Å². The summed E-state index contributed by atoms with van der Waals surface area (Å²) in [4.78, 5) is 24.3. The lowest BCUT2D eigenvalue weighted by Crippen LogP contribution is -2.32. The van der Waals surface area contributed by atoms with Crippen LogP contribution in [-0.4, -0.2) is 38.0 Å². The molecular formula is C24H31NO6. The molecule has 0 aliphatic carbocycles. The number of carbonyl (C=O) groups excluding carboxylic acids is 2. The summed E-state index contributed by atoms with van der Waals surface area (Å²) in [6.45, 7) is 9.42. The highest BCUT2D eigenvalue weighted by atomic mass is 16.6. The van der Waals surface area contributed by atoms with E-state index in [1.165, 1.54) is 7.11 Å². The van der Waals surface area contributed by atoms with Gasteiger partial charge in [0.05, 0.1) is 20.3 Å². The Labute approximate surface area is 183 Å². The summed E-state index contributed by atoms with van der Waals surface area (Å²) < 4.78 is 21.4. The molecule has 0 aliphatic rings. The fourth-order valence-electron chi connectivity index (χ4n) is 2.91. The maximum Gasteiger partial charge on any atom is 0.407 e. The lowest BCUT2D eigenvalue weighted by Gasteiger charge is -2.20. The van der Waals surface area contributed by atoms with E-state index >= 15 is 0 Å². The zero-order valence-corrected chi connectivity index (χ0v) is 19.2. The van der Waals surface area contributed by atoms with E-state index in [1.54, 1.807) is 40.0 Å². The van der Waals surface area contributed by atoms with Crippen LogP contribution in [0.3, 0.4) is 0 Å². The van der Waals surface area contributed by atoms with Gasteiger partial charge in [-0.25, -0.2) is 9.59 Å². The summed E-state index contributed by atoms with van der Waals surface area (Å²) >= 11 is 0. The van der Waals surface area contributed by atoms with Crippen molar-refractivity contribution in [1.29, 1.82) is 0 Å². The zero-order valence-electron chi connectivity index (χ0n) is 19.2. The second-order valence-corrected chi connectivity index (χ2v) is 8.25. The molecule has 2 aromatic rings. The van der Waals surface area contributed by atoms with Crippen molar-refractivity contribution in [2.24, 2.45) is 0 Å². The number of rotatable bonds is 7. The van der Waals surface area contributed by atoms with Gasteiger partial charge < -0.3 is 24.3 Å². The van der Waals surface area contributed by atoms with Gasteiger partial charge in [0.2, 0.25) is 0 Å². The van der Waals surface area contributed by atoms with Gasteiger partial charge in [-0.05, 0) is 70.0 Å². The number of hydrogen-bond acceptors (Lipinski definition) is 6. The molecule has 2 aromatic carbocycles. The SMILES string of the molecule is COC(=O)c1cc(-c2ccc(OC)c(CNC(=O)OC(C)(C)C)c2)ccc1OC(C)C. The Morgan fingerprint density at radius 2 is 1.58 bits per heavy atom. The molecule has 7 heteroatoms. The van der Waals surface area contributed by atoms with E-state index in [1.807, 2.05) is 38.1 Å². The number of esters is 1. The number of carbonyl (C=O) groups is 2. The number of hydrogen-bond donors (Lipinski definition) is 1. The fraction of sp³-hybridized carbons (Fsp3) is 0.417. The number of amides is 1. The van der Waals surface area contributed by atoms with E-state index in [4.69, 9.17) is 18.9 Å². The van der Waals surface area contributed by atoms with E-state index in [9.17, 15) is 9.59 Å². The Morgan fingerprint density at radius 3 is 2.13 bits per heavy atom. The summed E-state index contributed by atoms with van der Waals surface area (Å²) in [5.41, 5.74) is 2.19. The molecule has 2 rings (SSSR count). The smallest absolute Gasteiger partial charge is 0.407 e. The molecule has 0 aromatic heterocycles. The second-order valence-electron chi connectivity index (χ2n) is 8.25. The van der Waals surface area contributed by atoms with Crippen molar-refractivity contribution < 1.29 is 28.5 Å². The molecule has 31 heavy (non-hydrogen) atoms. The summed E-state index contributed by atoms with van der Waals surface area (Å²) in [6, 6.07) is 11.0. The quantitative estimate of drug-likeness (QED) is 0.627. The maximum atomic E-state index is 12.3. The lowest BCUT2D eigenvalue weighted by molar-refractivity contribution is 0.0522. The highest BCUT2D eigenvalue weighted by Crippen LogP contribution is 2.31. The van der Waals surface area contributed by atoms with Crippen molar-refractivity contribution in [3.8, 4) is 22.6 Å². The standard InChI is InChI=1S/C24H31NO6/c1-15(2)30-21-11-9-17(13-19(21)22(26)29-7)16-8-10-20(28-6)18(12-16)14-25-23(27)31-24(3,4)5/h8-13,15H,14H2,1-7H3,(H,25,27). The van der Waals surface area contributed by atoms with Crippen LogP contribution in [0.2, 0.25) is 0 Å². The molecule has 1 amide bonds. The topological polar surface area (TPSA) is 83.1 Å². The molecule has 0 aliphatic heterocycles. The number of benzene rings is 2. The van der Waals surface area contributed by atoms with Crippen molar-refractivity contribution in [2.75, 3.05) is 14.2 Å². The van der Waals surface area contributed by atoms with E-state index in [2.05, 4.69) is 5.32 Å². The normalized spacial score (nSPS) is 11.1. The summed E-state index contributed by atoms with van der Waals surface area (Å²) in [5.74, 6) is 0.622. The van der Waals surface area contributed by atoms with Gasteiger partial charge in [0, 0.05) is 12.1 Å². The minimum Gasteiger partial charge on any atom is -0.496 e. The minimum atomic E-state index is -0.583. The van der Waals surface area contributed by atoms with Gasteiger partial charge in [0.15, 0.2) is 0 Å². The summed E-state index contributed by atoms with van der Waals surface area (Å²) in [6.07, 6.45) is -0.594. The van der Waals surface area contributed by atoms with Crippen LogP contribution in [-0.2, 0) is 16.0 Å². The molecule has 168 valence electrons. The minimum absolute atomic E-state index is 0.0826. The Bertz CT molecular complexity index is 930. The van der Waals surface area contributed by atoms with Gasteiger partial charge in [0.1, 0.15) is 22.7 Å². The number of ether oxygens (including phenoxy) is 4. The first-order valence-electron chi connectivity index (χ1n) is 10.1. The maximum absolute atomic E-state index is 12.3. The Kier molecular flexibility index (Phi) is 7.91. The van der Waals surface area contributed by atoms with Crippen LogP contribution >= 0.6 is 0 Å². The second kappa shape index (κ2) is 10.2. The van der Waals surface area contributed by atoms with E-state index in [0.717, 1.165) is 16.7 Å². The van der Waals surface area contributed by atoms with E-state index < -0.39 is 17.7 Å². The van der Waals surface area contributed by atoms with Crippen LogP contribution in [0.1, 0.15) is 50.5 Å². The van der Waals surface area contributed by atoms with Gasteiger partial charge in [0.25, 0.3) is 0 Å². The highest BCUT2D eigenvalue weighted by molar-refractivity contribution is 5.94. The third-order valence-corrected chi connectivity index (χ3v) is 4.18. The Hall–Kier alpha value is -3.22. The largest absolute Gasteiger partial charge is 0.496 e. The van der Waals surface area contributed by atoms with Gasteiger partial charge in [-0.2, -0.15) is 0 Å². The predicted octanol–water partition coefficient (Wildman–Crippen LogP) is 4.96. The Morgan fingerprint density at radius 1 is 0.968 bits per heavy atom. The molecular weight excluding hydrogens is 398 g/mol. The average Bonchev–Trinajstić information content (AvgIpc) is 2.70. The first kappa shape index (κ1) is 24.1. The predicted molar refractivity (Wildman–Crippen MR) is 119 cm³/mol. The van der Waals surface area contributed by atoms with Gasteiger partial charge in [-0.1, -0.05) is 12.1 Å². The number of methoxy groups -OCH3 is 2. The molecule has 0 bridgehead atoms. The Balaban J connectivity index is 2.35. The zero-order chi connectivity index (χ0) is 23.2. The number of nitrogens with one attached hydrogen (secondary N) is 1. The highest BCUT2D eigenvalue weighted by Gasteiger charge is 2.18. The fourth-order valence-corrected chi connectivity index (χ4v) is 2.91. The first-order valence-corrected chi connectivity index (χ1v) is 10.1. The molecule has 0 saturated heterocycles. The van der Waals surface area contributed by atoms with Crippen molar-refractivity contribution in [3.63, 3.8) is 0 Å². The molecule has 0 unspecified atom stereocenters. The molecule has 1 N–H and O–H groups in total. The lowest BCUT2D eigenvalue weighted by atomic mass is 9.99. The van der Waals surface area contributed by atoms with Crippen LogP contribution in [0.4, 0.5) is 4.79 Å². The van der Waals surface area contributed by atoms with Crippen molar-refractivity contribution >= 4 is 12.1 Å². The summed E-state index contributed by atoms with van der Waals surface area (Å²) in [5, 5.41) is 2.74. The van der Waals surface area contributed by atoms with Crippen molar-refractivity contribution in [1.82, 2.24) is 5.32 Å². The molecule has 0 heterocycles. The molecule has 0 fully saturated rings. The van der Waals surface area contributed by atoms with Crippen LogP contribution in [0.25, 0.3) is 11.1 Å². The third kappa shape index (κ3) is 6.91. The average molecular weight is 430 g/mol. The molecule has 0 spiro atoms. The van der Waals surface area contributed by atoms with Gasteiger partial charge in [-0.15, -0.1) is 0 Å². The molecule has 0 radical (unpaired) electrons. The molecule has 7 nitrogen and oxygen atoms in total. The van der Waals surface area contributed by atoms with Gasteiger partial charge >= 0.3 is 12.1 Å². The monoisotopic (exact) mass is 429 g/mol. The van der Waals surface area contributed by atoms with E-state index in [-0.39, 0.29) is 12.6 Å². The molecule has 0 atom stereocenters.